The van der Waals surface area contributed by atoms with Crippen molar-refractivity contribution in [2.45, 2.75) is 37.5 Å². The largest absolute Gasteiger partial charge is 0.299 e. The molecule has 29 heavy (non-hydrogen) atoms. The van der Waals surface area contributed by atoms with E-state index in [0.717, 1.165) is 29.2 Å². The number of hydrogen-bond donors (Lipinski definition) is 1. The molecule has 0 amide bonds. The fourth-order valence-corrected chi connectivity index (χ4v) is 6.60. The van der Waals surface area contributed by atoms with Gasteiger partial charge in [-0.1, -0.05) is 0 Å². The molecule has 2 aliphatic heterocycles. The summed E-state index contributed by atoms with van der Waals surface area (Å²) in [4.78, 5) is 14.8. The highest BCUT2D eigenvalue weighted by molar-refractivity contribution is 7.98. The Hall–Kier alpha value is -1.69. The van der Waals surface area contributed by atoms with Gasteiger partial charge < -0.3 is 0 Å². The second-order valence-corrected chi connectivity index (χ2v) is 10.5. The van der Waals surface area contributed by atoms with E-state index in [1.165, 1.54) is 4.31 Å². The van der Waals surface area contributed by atoms with Crippen LogP contribution in [0.4, 0.5) is 0 Å². The van der Waals surface area contributed by atoms with Crippen LogP contribution in [0.25, 0.3) is 0 Å². The molecule has 1 N–H and O–H groups in total. The maximum absolute atomic E-state index is 12.9. The van der Waals surface area contributed by atoms with Crippen molar-refractivity contribution in [2.75, 3.05) is 38.5 Å². The number of piperazine rings is 1. The second-order valence-electron chi connectivity index (χ2n) is 7.49. The normalized spacial score (nSPS) is 18.7. The number of nitrogens with one attached hydrogen (secondary N) is 1. The number of thioether (sulfide) groups is 1. The number of hydrogen-bond acceptors (Lipinski definition) is 7. The summed E-state index contributed by atoms with van der Waals surface area (Å²) in [6, 6.07) is 1.72. The summed E-state index contributed by atoms with van der Waals surface area (Å²) < 4.78 is 29.0. The topological polar surface area (TPSA) is 104 Å². The lowest BCUT2D eigenvalue weighted by Crippen LogP contribution is -2.49. The van der Waals surface area contributed by atoms with Crippen molar-refractivity contribution in [3.8, 4) is 0 Å². The second kappa shape index (κ2) is 8.21. The Bertz CT molecular complexity index is 1030. The van der Waals surface area contributed by atoms with Crippen molar-refractivity contribution in [2.24, 2.45) is 0 Å². The molecule has 9 nitrogen and oxygen atoms in total. The summed E-state index contributed by atoms with van der Waals surface area (Å²) in [6.07, 6.45) is 0.906. The van der Waals surface area contributed by atoms with Crippen molar-refractivity contribution in [1.29, 1.82) is 0 Å². The molecule has 11 heteroatoms. The zero-order chi connectivity index (χ0) is 20.6. The summed E-state index contributed by atoms with van der Waals surface area (Å²) in [5.74, 6) is 1.91. The van der Waals surface area contributed by atoms with E-state index < -0.39 is 10.0 Å². The third-order valence-corrected chi connectivity index (χ3v) is 8.69. The number of aryl methyl sites for hydroxylation is 3. The van der Waals surface area contributed by atoms with Gasteiger partial charge in [-0.2, -0.15) is 26.3 Å². The summed E-state index contributed by atoms with van der Waals surface area (Å²) in [5.41, 5.74) is 3.11. The monoisotopic (exact) mass is 438 g/mol. The lowest BCUT2D eigenvalue weighted by atomic mass is 10.2. The highest BCUT2D eigenvalue weighted by Crippen LogP contribution is 2.23. The molecule has 0 unspecified atom stereocenters. The molecule has 1 saturated heterocycles. The highest BCUT2D eigenvalue weighted by Gasteiger charge is 2.32. The van der Waals surface area contributed by atoms with Crippen LogP contribution in [0, 0.1) is 13.8 Å². The number of nitrogens with zero attached hydrogens (tertiary/aromatic N) is 5. The molecule has 0 saturated carbocycles. The molecule has 2 aliphatic rings. The number of H-pyrrole nitrogens is 1. The van der Waals surface area contributed by atoms with Gasteiger partial charge in [0, 0.05) is 51.0 Å². The van der Waals surface area contributed by atoms with E-state index in [0.29, 0.717) is 50.7 Å². The van der Waals surface area contributed by atoms with Crippen molar-refractivity contribution >= 4 is 21.8 Å². The number of rotatable bonds is 5. The molecule has 0 radical (unpaired) electrons. The predicted molar refractivity (Wildman–Crippen MR) is 112 cm³/mol. The van der Waals surface area contributed by atoms with E-state index in [2.05, 4.69) is 20.2 Å². The number of aromatic amines is 1. The summed E-state index contributed by atoms with van der Waals surface area (Å²) in [5, 5.41) is 11.3. The molecular formula is C18H26N6O3S2. The zero-order valence-corrected chi connectivity index (χ0v) is 18.4. The average molecular weight is 439 g/mol. The first kappa shape index (κ1) is 20.6. The minimum absolute atomic E-state index is 0.0571. The van der Waals surface area contributed by atoms with Crippen LogP contribution in [0.15, 0.2) is 15.8 Å². The zero-order valence-electron chi connectivity index (χ0n) is 16.7. The molecule has 2 aromatic heterocycles. The molecule has 4 rings (SSSR count). The summed E-state index contributed by atoms with van der Waals surface area (Å²) >= 11 is 1.83. The fourth-order valence-electron chi connectivity index (χ4n) is 3.89. The van der Waals surface area contributed by atoms with Crippen LogP contribution < -0.4 is 5.56 Å². The first-order chi connectivity index (χ1) is 13.9. The number of fused-ring (bicyclic) bond motifs is 1. The number of sulfonamides is 1. The average Bonchev–Trinajstić information content (AvgIpc) is 3.05. The summed E-state index contributed by atoms with van der Waals surface area (Å²) in [7, 11) is -3.54. The van der Waals surface area contributed by atoms with E-state index in [9.17, 15) is 13.2 Å². The molecule has 1 fully saturated rings. The van der Waals surface area contributed by atoms with Gasteiger partial charge in [0.15, 0.2) is 0 Å². The standard InChI is InChI=1S/C18H26N6O3S2/c1-13-18(14(2)20-19-13)29(26,27)23-7-4-22(5-8-23)6-9-24-17(25)11-15-12-28-10-3-16(15)21-24/h11H,3-10,12H2,1-2H3,(H,19,20). The molecule has 2 aromatic rings. The predicted octanol–water partition coefficient (Wildman–Crippen LogP) is 0.379. The van der Waals surface area contributed by atoms with Crippen molar-refractivity contribution in [3.63, 3.8) is 0 Å². The Labute approximate surface area is 174 Å². The molecule has 0 aromatic carbocycles. The van der Waals surface area contributed by atoms with E-state index in [1.807, 2.05) is 11.8 Å². The van der Waals surface area contributed by atoms with E-state index >= 15 is 0 Å². The molecule has 0 spiro atoms. The van der Waals surface area contributed by atoms with Crippen molar-refractivity contribution in [3.05, 3.63) is 39.1 Å². The first-order valence-corrected chi connectivity index (χ1v) is 12.4. The molecule has 158 valence electrons. The lowest BCUT2D eigenvalue weighted by molar-refractivity contribution is 0.180. The van der Waals surface area contributed by atoms with Gasteiger partial charge in [-0.05, 0) is 25.2 Å². The van der Waals surface area contributed by atoms with Gasteiger partial charge in [-0.15, -0.1) is 0 Å². The Morgan fingerprint density at radius 1 is 1.17 bits per heavy atom. The van der Waals surface area contributed by atoms with Crippen LogP contribution in [0.3, 0.4) is 0 Å². The molecule has 0 atom stereocenters. The maximum atomic E-state index is 12.9. The number of aromatic nitrogens is 4. The van der Waals surface area contributed by atoms with Gasteiger partial charge in [0.2, 0.25) is 10.0 Å². The van der Waals surface area contributed by atoms with Gasteiger partial charge in [0.1, 0.15) is 4.90 Å². The van der Waals surface area contributed by atoms with Crippen LogP contribution in [0.1, 0.15) is 22.6 Å². The Kier molecular flexibility index (Phi) is 5.83. The molecule has 4 heterocycles. The van der Waals surface area contributed by atoms with Gasteiger partial charge in [-0.25, -0.2) is 13.1 Å². The molecular weight excluding hydrogens is 412 g/mol. The van der Waals surface area contributed by atoms with Crippen LogP contribution >= 0.6 is 11.8 Å². The van der Waals surface area contributed by atoms with Gasteiger partial charge >= 0.3 is 0 Å². The van der Waals surface area contributed by atoms with Crippen LogP contribution in [0.2, 0.25) is 0 Å². The Morgan fingerprint density at radius 2 is 1.93 bits per heavy atom. The minimum atomic E-state index is -3.54. The third-order valence-electron chi connectivity index (χ3n) is 5.52. The van der Waals surface area contributed by atoms with E-state index in [-0.39, 0.29) is 10.5 Å². The molecule has 0 aliphatic carbocycles. The summed E-state index contributed by atoms with van der Waals surface area (Å²) in [6.45, 7) is 6.74. The Balaban J connectivity index is 1.37. The quantitative estimate of drug-likeness (QED) is 0.720. The van der Waals surface area contributed by atoms with Gasteiger partial charge in [0.05, 0.1) is 23.6 Å². The fraction of sp³-hybridized carbons (Fsp3) is 0.611. The van der Waals surface area contributed by atoms with E-state index in [1.54, 1.807) is 24.6 Å². The van der Waals surface area contributed by atoms with Gasteiger partial charge in [-0.3, -0.25) is 14.8 Å². The smallest absolute Gasteiger partial charge is 0.267 e. The third kappa shape index (κ3) is 4.14. The Morgan fingerprint density at radius 3 is 2.62 bits per heavy atom. The van der Waals surface area contributed by atoms with E-state index in [4.69, 9.17) is 0 Å². The van der Waals surface area contributed by atoms with Crippen LogP contribution in [0.5, 0.6) is 0 Å². The first-order valence-electron chi connectivity index (χ1n) is 9.78. The maximum Gasteiger partial charge on any atom is 0.267 e. The SMILES string of the molecule is Cc1n[nH]c(C)c1S(=O)(=O)N1CCN(CCn2nc3c(cc2=O)CSCC3)CC1. The lowest BCUT2D eigenvalue weighted by Gasteiger charge is -2.34. The highest BCUT2D eigenvalue weighted by atomic mass is 32.2. The minimum Gasteiger partial charge on any atom is -0.299 e. The van der Waals surface area contributed by atoms with Crippen molar-refractivity contribution < 1.29 is 8.42 Å². The molecule has 0 bridgehead atoms. The van der Waals surface area contributed by atoms with Crippen molar-refractivity contribution in [1.82, 2.24) is 29.2 Å². The van der Waals surface area contributed by atoms with Crippen LogP contribution in [-0.4, -0.2) is 76.1 Å². The van der Waals surface area contributed by atoms with Crippen LogP contribution in [-0.2, 0) is 28.7 Å². The van der Waals surface area contributed by atoms with Gasteiger partial charge in [0.25, 0.3) is 5.56 Å².